The zero-order valence-electron chi connectivity index (χ0n) is 17.0. The van der Waals surface area contributed by atoms with Gasteiger partial charge in [0.1, 0.15) is 12.4 Å². The predicted octanol–water partition coefficient (Wildman–Crippen LogP) is 3.55. The topological polar surface area (TPSA) is 57.2 Å². The lowest BCUT2D eigenvalue weighted by Gasteiger charge is -2.13. The smallest absolute Gasteiger partial charge is 0.203 e. The van der Waals surface area contributed by atoms with Gasteiger partial charge in [-0.2, -0.15) is 0 Å². The molecule has 0 aliphatic rings. The quantitative estimate of drug-likeness (QED) is 0.461. The molecule has 0 aliphatic heterocycles. The fourth-order valence-corrected chi connectivity index (χ4v) is 2.57. The molecule has 0 spiro atoms. The largest absolute Gasteiger partial charge is 0.493 e. The van der Waals surface area contributed by atoms with Gasteiger partial charge in [-0.3, -0.25) is 4.79 Å². The average molecular weight is 385 g/mol. The summed E-state index contributed by atoms with van der Waals surface area (Å²) in [5, 5.41) is 0. The Kier molecular flexibility index (Phi) is 7.89. The van der Waals surface area contributed by atoms with Gasteiger partial charge in [0, 0.05) is 17.7 Å². The van der Waals surface area contributed by atoms with Gasteiger partial charge in [0.2, 0.25) is 5.75 Å². The summed E-state index contributed by atoms with van der Waals surface area (Å²) >= 11 is 0. The van der Waals surface area contributed by atoms with Crippen molar-refractivity contribution in [2.45, 2.75) is 0 Å². The molecular formula is C22H27NO5. The second kappa shape index (κ2) is 10.4. The molecule has 0 saturated carbocycles. The lowest BCUT2D eigenvalue weighted by molar-refractivity contribution is 0.104. The highest BCUT2D eigenvalue weighted by atomic mass is 16.5. The van der Waals surface area contributed by atoms with Crippen molar-refractivity contribution in [2.75, 3.05) is 48.6 Å². The van der Waals surface area contributed by atoms with E-state index in [1.165, 1.54) is 27.4 Å². The van der Waals surface area contributed by atoms with E-state index in [4.69, 9.17) is 18.9 Å². The van der Waals surface area contributed by atoms with Crippen LogP contribution in [0.25, 0.3) is 6.08 Å². The number of para-hydroxylation sites is 1. The molecule has 0 unspecified atom stereocenters. The van der Waals surface area contributed by atoms with Crippen molar-refractivity contribution >= 4 is 11.9 Å². The lowest BCUT2D eigenvalue weighted by Crippen LogP contribution is -2.19. The minimum atomic E-state index is -0.178. The third-order valence-electron chi connectivity index (χ3n) is 4.08. The van der Waals surface area contributed by atoms with Gasteiger partial charge >= 0.3 is 0 Å². The maximum atomic E-state index is 12.7. The molecule has 0 bridgehead atoms. The first kappa shape index (κ1) is 21.3. The molecule has 2 aromatic rings. The first-order chi connectivity index (χ1) is 13.5. The number of ether oxygens (including phenoxy) is 4. The highest BCUT2D eigenvalue weighted by Crippen LogP contribution is 2.38. The van der Waals surface area contributed by atoms with Gasteiger partial charge in [-0.05, 0) is 44.4 Å². The zero-order chi connectivity index (χ0) is 20.5. The van der Waals surface area contributed by atoms with Gasteiger partial charge in [-0.25, -0.2) is 0 Å². The molecular weight excluding hydrogens is 358 g/mol. The number of methoxy groups -OCH3 is 3. The minimum Gasteiger partial charge on any atom is -0.493 e. The van der Waals surface area contributed by atoms with Crippen LogP contribution in [-0.4, -0.2) is 59.3 Å². The number of likely N-dealkylation sites (N-methyl/N-ethyl adjacent to an activating group) is 1. The fourth-order valence-electron chi connectivity index (χ4n) is 2.57. The number of carbonyl (C=O) groups excluding carboxylic acids is 1. The predicted molar refractivity (Wildman–Crippen MR) is 110 cm³/mol. The van der Waals surface area contributed by atoms with Crippen LogP contribution >= 0.6 is 0 Å². The van der Waals surface area contributed by atoms with E-state index >= 15 is 0 Å². The summed E-state index contributed by atoms with van der Waals surface area (Å²) in [5.41, 5.74) is 1.28. The van der Waals surface area contributed by atoms with E-state index in [0.717, 1.165) is 17.9 Å². The number of ketones is 1. The number of rotatable bonds is 10. The Morgan fingerprint density at radius 3 is 2.18 bits per heavy atom. The molecule has 0 heterocycles. The Morgan fingerprint density at radius 1 is 0.964 bits per heavy atom. The Morgan fingerprint density at radius 2 is 1.61 bits per heavy atom. The Bertz CT molecular complexity index is 804. The van der Waals surface area contributed by atoms with Gasteiger partial charge in [0.25, 0.3) is 0 Å². The van der Waals surface area contributed by atoms with E-state index in [-0.39, 0.29) is 5.78 Å². The molecule has 0 radical (unpaired) electrons. The molecule has 2 aromatic carbocycles. The highest BCUT2D eigenvalue weighted by molar-refractivity contribution is 6.07. The number of nitrogens with zero attached hydrogens (tertiary/aromatic N) is 1. The molecule has 0 aromatic heterocycles. The number of allylic oxidation sites excluding steroid dienone is 1. The molecule has 0 atom stereocenters. The molecule has 0 fully saturated rings. The van der Waals surface area contributed by atoms with E-state index in [0.29, 0.717) is 29.4 Å². The fraction of sp³-hybridized carbons (Fsp3) is 0.318. The molecule has 2 rings (SSSR count). The standard InChI is InChI=1S/C22H27NO5/c1-23(2)12-13-28-19-9-7-6-8-16(19)10-11-18(24)17-14-20(25-3)22(27-5)21(15-17)26-4/h6-11,14-15H,12-13H2,1-5H3. The van der Waals surface area contributed by atoms with Crippen LogP contribution in [0.4, 0.5) is 0 Å². The van der Waals surface area contributed by atoms with Crippen molar-refractivity contribution in [1.29, 1.82) is 0 Å². The van der Waals surface area contributed by atoms with Crippen molar-refractivity contribution < 1.29 is 23.7 Å². The van der Waals surface area contributed by atoms with Crippen LogP contribution in [0.3, 0.4) is 0 Å². The maximum Gasteiger partial charge on any atom is 0.203 e. The van der Waals surface area contributed by atoms with Crippen LogP contribution in [0.1, 0.15) is 15.9 Å². The van der Waals surface area contributed by atoms with E-state index in [1.807, 2.05) is 43.3 Å². The third-order valence-corrected chi connectivity index (χ3v) is 4.08. The number of carbonyl (C=O) groups is 1. The van der Waals surface area contributed by atoms with Gasteiger partial charge < -0.3 is 23.8 Å². The van der Waals surface area contributed by atoms with Crippen LogP contribution in [0.15, 0.2) is 42.5 Å². The summed E-state index contributed by atoms with van der Waals surface area (Å²) in [6.07, 6.45) is 3.26. The van der Waals surface area contributed by atoms with E-state index in [1.54, 1.807) is 18.2 Å². The average Bonchev–Trinajstić information content (AvgIpc) is 2.71. The summed E-state index contributed by atoms with van der Waals surface area (Å²) in [6, 6.07) is 10.9. The molecule has 6 nitrogen and oxygen atoms in total. The summed E-state index contributed by atoms with van der Waals surface area (Å²) in [5.74, 6) is 1.88. The Hall–Kier alpha value is -2.99. The van der Waals surface area contributed by atoms with Crippen LogP contribution in [-0.2, 0) is 0 Å². The summed E-state index contributed by atoms with van der Waals surface area (Å²) < 4.78 is 21.7. The Labute approximate surface area is 166 Å². The van der Waals surface area contributed by atoms with Gasteiger partial charge in [0.05, 0.1) is 21.3 Å². The number of hydrogen-bond acceptors (Lipinski definition) is 6. The second-order valence-electron chi connectivity index (χ2n) is 6.30. The molecule has 0 saturated heterocycles. The van der Waals surface area contributed by atoms with Crippen molar-refractivity contribution in [2.24, 2.45) is 0 Å². The van der Waals surface area contributed by atoms with Crippen molar-refractivity contribution in [3.63, 3.8) is 0 Å². The Balaban J connectivity index is 2.22. The van der Waals surface area contributed by atoms with Crippen molar-refractivity contribution in [1.82, 2.24) is 4.90 Å². The normalized spacial score (nSPS) is 10.9. The van der Waals surface area contributed by atoms with Crippen LogP contribution in [0.2, 0.25) is 0 Å². The third kappa shape index (κ3) is 5.50. The van der Waals surface area contributed by atoms with E-state index in [9.17, 15) is 4.79 Å². The first-order valence-corrected chi connectivity index (χ1v) is 8.89. The van der Waals surface area contributed by atoms with E-state index < -0.39 is 0 Å². The van der Waals surface area contributed by atoms with Gasteiger partial charge in [-0.1, -0.05) is 18.2 Å². The number of benzene rings is 2. The van der Waals surface area contributed by atoms with Gasteiger partial charge in [-0.15, -0.1) is 0 Å². The van der Waals surface area contributed by atoms with Crippen molar-refractivity contribution in [3.8, 4) is 23.0 Å². The monoisotopic (exact) mass is 385 g/mol. The molecule has 6 heteroatoms. The zero-order valence-corrected chi connectivity index (χ0v) is 17.0. The maximum absolute atomic E-state index is 12.7. The molecule has 0 aliphatic carbocycles. The molecule has 28 heavy (non-hydrogen) atoms. The first-order valence-electron chi connectivity index (χ1n) is 8.89. The second-order valence-corrected chi connectivity index (χ2v) is 6.30. The minimum absolute atomic E-state index is 0.178. The van der Waals surface area contributed by atoms with Crippen LogP contribution < -0.4 is 18.9 Å². The van der Waals surface area contributed by atoms with Crippen LogP contribution in [0, 0.1) is 0 Å². The number of hydrogen-bond donors (Lipinski definition) is 0. The van der Waals surface area contributed by atoms with E-state index in [2.05, 4.69) is 0 Å². The molecule has 0 N–H and O–H groups in total. The summed E-state index contributed by atoms with van der Waals surface area (Å²) in [6.45, 7) is 1.38. The van der Waals surface area contributed by atoms with Gasteiger partial charge in [0.15, 0.2) is 17.3 Å². The summed E-state index contributed by atoms with van der Waals surface area (Å²) in [7, 11) is 8.54. The van der Waals surface area contributed by atoms with Crippen LogP contribution in [0.5, 0.6) is 23.0 Å². The summed E-state index contributed by atoms with van der Waals surface area (Å²) in [4.78, 5) is 14.7. The lowest BCUT2D eigenvalue weighted by atomic mass is 10.1. The van der Waals surface area contributed by atoms with Crippen molar-refractivity contribution in [3.05, 3.63) is 53.6 Å². The molecule has 0 amide bonds. The highest BCUT2D eigenvalue weighted by Gasteiger charge is 2.15. The SMILES string of the molecule is COc1cc(C(=O)C=Cc2ccccc2OCCN(C)C)cc(OC)c1OC. The molecule has 150 valence electrons.